The number of amides is 1. The molecule has 1 aliphatic carbocycles. The Labute approximate surface area is 117 Å². The van der Waals surface area contributed by atoms with E-state index >= 15 is 0 Å². The van der Waals surface area contributed by atoms with Crippen LogP contribution in [0.25, 0.3) is 0 Å². The predicted octanol–water partition coefficient (Wildman–Crippen LogP) is 2.42. The van der Waals surface area contributed by atoms with Crippen LogP contribution < -0.4 is 4.74 Å². The Morgan fingerprint density at radius 2 is 2.00 bits per heavy atom. The van der Waals surface area contributed by atoms with Gasteiger partial charge in [-0.05, 0) is 25.0 Å². The number of halogens is 1. The molecule has 0 aliphatic heterocycles. The minimum Gasteiger partial charge on any atom is -0.496 e. The maximum atomic E-state index is 13.9. The molecule has 0 spiro atoms. The molecule has 1 aromatic rings. The Balaban J connectivity index is 2.20. The van der Waals surface area contributed by atoms with Gasteiger partial charge in [-0.3, -0.25) is 9.59 Å². The van der Waals surface area contributed by atoms with Gasteiger partial charge in [0.25, 0.3) is 5.91 Å². The zero-order valence-corrected chi connectivity index (χ0v) is 11.7. The number of carbonyl (C=O) groups is 2. The van der Waals surface area contributed by atoms with Crippen LogP contribution >= 0.6 is 0 Å². The minimum atomic E-state index is -0.590. The van der Waals surface area contributed by atoms with Crippen LogP contribution in [-0.4, -0.2) is 36.8 Å². The van der Waals surface area contributed by atoms with Gasteiger partial charge in [0.15, 0.2) is 0 Å². The molecule has 5 heteroatoms. The summed E-state index contributed by atoms with van der Waals surface area (Å²) >= 11 is 0. The van der Waals surface area contributed by atoms with Crippen molar-refractivity contribution in [2.75, 3.05) is 14.2 Å². The fourth-order valence-electron chi connectivity index (χ4n) is 2.54. The molecule has 0 unspecified atom stereocenters. The number of hydrogen-bond donors (Lipinski definition) is 0. The van der Waals surface area contributed by atoms with Crippen LogP contribution in [0.5, 0.6) is 5.75 Å². The Hall–Kier alpha value is -1.91. The highest BCUT2D eigenvalue weighted by atomic mass is 19.1. The summed E-state index contributed by atoms with van der Waals surface area (Å²) in [6, 6.07) is 4.29. The number of carbonyl (C=O) groups excluding carboxylic acids is 2. The molecule has 0 heterocycles. The number of benzene rings is 1. The Morgan fingerprint density at radius 1 is 1.35 bits per heavy atom. The predicted molar refractivity (Wildman–Crippen MR) is 72.3 cm³/mol. The van der Waals surface area contributed by atoms with Crippen molar-refractivity contribution < 1.29 is 18.7 Å². The maximum Gasteiger partial charge on any atom is 0.260 e. The molecule has 0 saturated heterocycles. The van der Waals surface area contributed by atoms with Gasteiger partial charge < -0.3 is 9.64 Å². The third-order valence-electron chi connectivity index (χ3n) is 3.79. The molecular weight excluding hydrogens is 261 g/mol. The highest BCUT2D eigenvalue weighted by Crippen LogP contribution is 2.26. The van der Waals surface area contributed by atoms with E-state index in [1.807, 2.05) is 0 Å². The van der Waals surface area contributed by atoms with Crippen LogP contribution in [-0.2, 0) is 4.79 Å². The fourth-order valence-corrected chi connectivity index (χ4v) is 2.54. The summed E-state index contributed by atoms with van der Waals surface area (Å²) in [5.41, 5.74) is -0.0469. The molecule has 0 N–H and O–H groups in total. The Kier molecular flexibility index (Phi) is 4.37. The number of Topliss-reactive ketones (excluding diaryl/α,β-unsaturated/α-hetero) is 1. The van der Waals surface area contributed by atoms with Gasteiger partial charge in [-0.25, -0.2) is 4.39 Å². The van der Waals surface area contributed by atoms with Crippen LogP contribution in [0, 0.1) is 5.82 Å². The first kappa shape index (κ1) is 14.5. The van der Waals surface area contributed by atoms with Gasteiger partial charge in [0.1, 0.15) is 22.9 Å². The van der Waals surface area contributed by atoms with E-state index in [1.165, 1.54) is 24.1 Å². The summed E-state index contributed by atoms with van der Waals surface area (Å²) in [4.78, 5) is 25.2. The number of rotatable bonds is 3. The molecule has 0 radical (unpaired) electrons. The molecular formula is C15H18FNO3. The van der Waals surface area contributed by atoms with Crippen molar-refractivity contribution in [1.29, 1.82) is 0 Å². The highest BCUT2D eigenvalue weighted by molar-refractivity contribution is 5.97. The monoisotopic (exact) mass is 279 g/mol. The SMILES string of the molecule is COc1cccc(F)c1C(=O)N(C)C1CCC(=O)CC1. The number of hydrogen-bond acceptors (Lipinski definition) is 3. The minimum absolute atomic E-state index is 0.0236. The standard InChI is InChI=1S/C15H18FNO3/c1-17(10-6-8-11(18)9-7-10)15(19)14-12(16)4-3-5-13(14)20-2/h3-5,10H,6-9H2,1-2H3. The van der Waals surface area contributed by atoms with Gasteiger partial charge in [-0.15, -0.1) is 0 Å². The van der Waals surface area contributed by atoms with E-state index in [2.05, 4.69) is 0 Å². The van der Waals surface area contributed by atoms with Crippen molar-refractivity contribution in [3.63, 3.8) is 0 Å². The van der Waals surface area contributed by atoms with E-state index in [4.69, 9.17) is 4.74 Å². The molecule has 108 valence electrons. The lowest BCUT2D eigenvalue weighted by molar-refractivity contribution is -0.121. The number of nitrogens with zero attached hydrogens (tertiary/aromatic N) is 1. The van der Waals surface area contributed by atoms with Crippen molar-refractivity contribution in [2.45, 2.75) is 31.7 Å². The van der Waals surface area contributed by atoms with E-state index < -0.39 is 11.7 Å². The van der Waals surface area contributed by atoms with Crippen LogP contribution in [0.2, 0.25) is 0 Å². The lowest BCUT2D eigenvalue weighted by Crippen LogP contribution is -2.40. The van der Waals surface area contributed by atoms with Crippen LogP contribution in [0.4, 0.5) is 4.39 Å². The van der Waals surface area contributed by atoms with E-state index in [0.29, 0.717) is 25.7 Å². The lowest BCUT2D eigenvalue weighted by Gasteiger charge is -2.31. The molecule has 1 aliphatic rings. The smallest absolute Gasteiger partial charge is 0.260 e. The fraction of sp³-hybridized carbons (Fsp3) is 0.467. The summed E-state index contributed by atoms with van der Waals surface area (Å²) < 4.78 is 19.0. The van der Waals surface area contributed by atoms with Gasteiger partial charge in [0.05, 0.1) is 7.11 Å². The molecule has 0 bridgehead atoms. The molecule has 4 nitrogen and oxygen atoms in total. The van der Waals surface area contributed by atoms with Crippen LogP contribution in [0.1, 0.15) is 36.0 Å². The van der Waals surface area contributed by atoms with Gasteiger partial charge in [0, 0.05) is 25.9 Å². The second-order valence-corrected chi connectivity index (χ2v) is 5.00. The summed E-state index contributed by atoms with van der Waals surface area (Å²) in [5, 5.41) is 0. The van der Waals surface area contributed by atoms with Crippen molar-refractivity contribution in [1.82, 2.24) is 4.90 Å². The number of methoxy groups -OCH3 is 1. The second kappa shape index (κ2) is 6.03. The molecule has 20 heavy (non-hydrogen) atoms. The van der Waals surface area contributed by atoms with Crippen LogP contribution in [0.15, 0.2) is 18.2 Å². The van der Waals surface area contributed by atoms with Gasteiger partial charge in [-0.1, -0.05) is 6.07 Å². The average molecular weight is 279 g/mol. The van der Waals surface area contributed by atoms with E-state index in [1.54, 1.807) is 13.1 Å². The molecule has 1 saturated carbocycles. The zero-order chi connectivity index (χ0) is 14.7. The second-order valence-electron chi connectivity index (χ2n) is 5.00. The van der Waals surface area contributed by atoms with Gasteiger partial charge in [-0.2, -0.15) is 0 Å². The summed E-state index contributed by atoms with van der Waals surface area (Å²) in [6.07, 6.45) is 2.24. The summed E-state index contributed by atoms with van der Waals surface area (Å²) in [5.74, 6) is -0.535. The zero-order valence-electron chi connectivity index (χ0n) is 11.7. The number of ketones is 1. The molecule has 0 aromatic heterocycles. The summed E-state index contributed by atoms with van der Waals surface area (Å²) in [6.45, 7) is 0. The summed E-state index contributed by atoms with van der Waals surface area (Å²) in [7, 11) is 3.06. The third-order valence-corrected chi connectivity index (χ3v) is 3.79. The normalized spacial score (nSPS) is 16.1. The van der Waals surface area contributed by atoms with Gasteiger partial charge >= 0.3 is 0 Å². The van der Waals surface area contributed by atoms with Crippen molar-refractivity contribution in [2.24, 2.45) is 0 Å². The maximum absolute atomic E-state index is 13.9. The quantitative estimate of drug-likeness (QED) is 0.853. The topological polar surface area (TPSA) is 46.6 Å². The average Bonchev–Trinajstić information content (AvgIpc) is 2.46. The molecule has 2 rings (SSSR count). The lowest BCUT2D eigenvalue weighted by atomic mass is 9.93. The molecule has 1 amide bonds. The van der Waals surface area contributed by atoms with E-state index in [9.17, 15) is 14.0 Å². The molecule has 1 fully saturated rings. The first-order chi connectivity index (χ1) is 9.54. The van der Waals surface area contributed by atoms with E-state index in [-0.39, 0.29) is 23.1 Å². The van der Waals surface area contributed by atoms with Crippen molar-refractivity contribution in [3.05, 3.63) is 29.6 Å². The van der Waals surface area contributed by atoms with Crippen molar-refractivity contribution in [3.8, 4) is 5.75 Å². The largest absolute Gasteiger partial charge is 0.496 e. The highest BCUT2D eigenvalue weighted by Gasteiger charge is 2.28. The molecule has 1 aromatic carbocycles. The number of ether oxygens (including phenoxy) is 1. The Morgan fingerprint density at radius 3 is 2.60 bits per heavy atom. The first-order valence-corrected chi connectivity index (χ1v) is 6.66. The van der Waals surface area contributed by atoms with Crippen molar-refractivity contribution >= 4 is 11.7 Å². The first-order valence-electron chi connectivity index (χ1n) is 6.66. The Bertz CT molecular complexity index is 520. The molecule has 0 atom stereocenters. The van der Waals surface area contributed by atoms with E-state index in [0.717, 1.165) is 0 Å². The van der Waals surface area contributed by atoms with Gasteiger partial charge in [0.2, 0.25) is 0 Å². The van der Waals surface area contributed by atoms with Crippen LogP contribution in [0.3, 0.4) is 0 Å². The third kappa shape index (κ3) is 2.81.